The van der Waals surface area contributed by atoms with Gasteiger partial charge in [0.2, 0.25) is 0 Å². The second kappa shape index (κ2) is 29.7. The minimum atomic E-state index is -0.265. The van der Waals surface area contributed by atoms with Crippen LogP contribution in [-0.2, 0) is 10.8 Å². The summed E-state index contributed by atoms with van der Waals surface area (Å²) in [6.45, 7) is 9.54. The van der Waals surface area contributed by atoms with E-state index in [1.165, 1.54) is 156 Å². The van der Waals surface area contributed by atoms with Gasteiger partial charge in [0.1, 0.15) is 0 Å². The van der Waals surface area contributed by atoms with E-state index in [0.29, 0.717) is 0 Å². The summed E-state index contributed by atoms with van der Waals surface area (Å²) in [6, 6.07) is 151. The minimum absolute atomic E-state index is 0.0862. The van der Waals surface area contributed by atoms with Crippen molar-refractivity contribution in [1.82, 2.24) is 0 Å². The van der Waals surface area contributed by atoms with Crippen molar-refractivity contribution in [3.05, 3.63) is 452 Å². The van der Waals surface area contributed by atoms with Crippen LogP contribution in [0.15, 0.2) is 425 Å². The van der Waals surface area contributed by atoms with Crippen LogP contribution in [0.5, 0.6) is 0 Å². The number of hydrogen-bond donors (Lipinski definition) is 0. The van der Waals surface area contributed by atoms with E-state index in [0.717, 1.165) is 58.1 Å². The first-order valence-electron chi connectivity index (χ1n) is 40.7. The van der Waals surface area contributed by atoms with Crippen molar-refractivity contribution < 1.29 is 0 Å². The maximum Gasteiger partial charge on any atom is 0.0468 e. The van der Waals surface area contributed by atoms with Crippen LogP contribution in [-0.4, -0.2) is 0 Å². The smallest absolute Gasteiger partial charge is 0.0468 e. The fourth-order valence-corrected chi connectivity index (χ4v) is 18.5. The van der Waals surface area contributed by atoms with E-state index < -0.39 is 0 Å². The van der Waals surface area contributed by atoms with Crippen molar-refractivity contribution in [3.63, 3.8) is 0 Å². The Morgan fingerprint density at radius 3 is 1.01 bits per heavy atom. The van der Waals surface area contributed by atoms with Gasteiger partial charge in [-0.15, -0.1) is 0 Å². The van der Waals surface area contributed by atoms with Crippen molar-refractivity contribution in [2.24, 2.45) is 0 Å². The molecule has 2 heteroatoms. The normalized spacial score (nSPS) is 13.3. The molecule has 0 aromatic heterocycles. The lowest BCUT2D eigenvalue weighted by molar-refractivity contribution is 0.660. The van der Waals surface area contributed by atoms with Gasteiger partial charge in [-0.3, -0.25) is 0 Å². The van der Waals surface area contributed by atoms with Crippen LogP contribution in [0.2, 0.25) is 0 Å². The number of allylic oxidation sites excluding steroid dienone is 4. The molecule has 0 bridgehead atoms. The zero-order valence-electron chi connectivity index (χ0n) is 65.7. The molecule has 17 aromatic carbocycles. The van der Waals surface area contributed by atoms with E-state index in [2.05, 4.69) is 462 Å². The van der Waals surface area contributed by atoms with Crippen molar-refractivity contribution in [2.75, 3.05) is 9.80 Å². The van der Waals surface area contributed by atoms with Gasteiger partial charge in [0.05, 0.1) is 0 Å². The Labute approximate surface area is 682 Å². The third-order valence-electron chi connectivity index (χ3n) is 24.6. The van der Waals surface area contributed by atoms with Crippen molar-refractivity contribution in [1.29, 1.82) is 0 Å². The molecule has 0 heterocycles. The molecule has 0 spiro atoms. The molecule has 2 nitrogen and oxygen atoms in total. The number of rotatable bonds is 17. The average Bonchev–Trinajstić information content (AvgIpc) is 1.59. The van der Waals surface area contributed by atoms with Crippen molar-refractivity contribution in [3.8, 4) is 134 Å². The van der Waals surface area contributed by atoms with E-state index >= 15 is 0 Å². The molecule has 0 atom stereocenters. The second-order valence-corrected chi connectivity index (χ2v) is 32.2. The molecule has 20 rings (SSSR count). The molecule has 0 saturated carbocycles. The molecule has 116 heavy (non-hydrogen) atoms. The van der Waals surface area contributed by atoms with Gasteiger partial charge in [-0.2, -0.15) is 0 Å². The Morgan fingerprint density at radius 1 is 0.198 bits per heavy atom. The molecule has 17 aromatic rings. The summed E-state index contributed by atoms with van der Waals surface area (Å²) in [4.78, 5) is 4.81. The third-order valence-corrected chi connectivity index (χ3v) is 24.6. The molecular weight excluding hydrogens is 1400 g/mol. The molecule has 3 aliphatic carbocycles. The van der Waals surface area contributed by atoms with Gasteiger partial charge in [0.15, 0.2) is 0 Å². The van der Waals surface area contributed by atoms with E-state index in [1.807, 2.05) is 0 Å². The zero-order chi connectivity index (χ0) is 77.9. The average molecular weight is 1480 g/mol. The highest BCUT2D eigenvalue weighted by Gasteiger charge is 2.39. The molecule has 0 unspecified atom stereocenters. The predicted molar refractivity (Wildman–Crippen MR) is 492 cm³/mol. The first kappa shape index (κ1) is 70.9. The molecule has 0 amide bonds. The van der Waals surface area contributed by atoms with Crippen LogP contribution in [0.25, 0.3) is 139 Å². The van der Waals surface area contributed by atoms with Gasteiger partial charge < -0.3 is 9.80 Å². The van der Waals surface area contributed by atoms with E-state index in [1.54, 1.807) is 0 Å². The molecule has 552 valence electrons. The molecule has 0 saturated heterocycles. The Morgan fingerprint density at radius 2 is 0.509 bits per heavy atom. The third kappa shape index (κ3) is 13.1. The van der Waals surface area contributed by atoms with Crippen LogP contribution in [0.1, 0.15) is 68.4 Å². The number of benzene rings is 17. The van der Waals surface area contributed by atoms with Gasteiger partial charge in [-0.1, -0.05) is 361 Å². The summed E-state index contributed by atoms with van der Waals surface area (Å²) in [6.07, 6.45) is 8.82. The Kier molecular flexibility index (Phi) is 18.2. The quantitative estimate of drug-likeness (QED) is 0.0896. The lowest BCUT2D eigenvalue weighted by Crippen LogP contribution is -2.16. The Balaban J connectivity index is 0.581. The van der Waals surface area contributed by atoms with Gasteiger partial charge in [0.25, 0.3) is 0 Å². The van der Waals surface area contributed by atoms with Crippen LogP contribution in [0, 0.1) is 0 Å². The number of fused-ring (bicyclic) bond motifs is 6. The number of hydrogen-bond acceptors (Lipinski definition) is 2. The molecule has 3 aliphatic rings. The molecule has 0 radical (unpaired) electrons. The fourth-order valence-electron chi connectivity index (χ4n) is 18.5. The first-order valence-corrected chi connectivity index (χ1v) is 40.7. The predicted octanol–water partition coefficient (Wildman–Crippen LogP) is 31.6. The molecule has 0 N–H and O–H groups in total. The number of nitrogens with zero attached hydrogens (tertiary/aromatic N) is 2. The lowest BCUT2D eigenvalue weighted by atomic mass is 9.78. The highest BCUT2D eigenvalue weighted by Crippen LogP contribution is 2.55. The van der Waals surface area contributed by atoms with E-state index in [-0.39, 0.29) is 10.8 Å². The highest BCUT2D eigenvalue weighted by molar-refractivity contribution is 5.95. The van der Waals surface area contributed by atoms with Gasteiger partial charge >= 0.3 is 0 Å². The van der Waals surface area contributed by atoms with Gasteiger partial charge in [-0.05, 0) is 271 Å². The van der Waals surface area contributed by atoms with Crippen LogP contribution < -0.4 is 9.80 Å². The number of anilines is 6. The van der Waals surface area contributed by atoms with E-state index in [4.69, 9.17) is 0 Å². The highest BCUT2D eigenvalue weighted by atomic mass is 15.1. The summed E-state index contributed by atoms with van der Waals surface area (Å²) in [5, 5.41) is 0. The maximum atomic E-state index is 2.45. The Bertz CT molecular complexity index is 6590. The summed E-state index contributed by atoms with van der Waals surface area (Å²) >= 11 is 0. The van der Waals surface area contributed by atoms with E-state index in [9.17, 15) is 0 Å². The summed E-state index contributed by atoms with van der Waals surface area (Å²) in [5.41, 5.74) is 43.4. The van der Waals surface area contributed by atoms with Gasteiger partial charge in [0, 0.05) is 45.0 Å². The fraction of sp³-hybridized carbons (Fsp3) is 0.0702. The maximum absolute atomic E-state index is 2.45. The van der Waals surface area contributed by atoms with Crippen molar-refractivity contribution >= 4 is 39.7 Å². The topological polar surface area (TPSA) is 6.48 Å². The zero-order valence-corrected chi connectivity index (χ0v) is 65.7. The standard InChI is InChI=1S/C114H86N2/c1-113(2)109-39-21-20-36-103(109)104-68-57-92(74-110(104)113)90-34-22-35-93(72-90)101-71-67-99(76-108(101)87-32-18-9-19-33-87)116(96-62-52-83(53-63-96)79-28-14-7-15-29-79)97-64-54-84(55-65-97)80-40-46-89(47-41-80)102-37-23-38-106-105-69-56-91(73-111(105)114(3,4)112(102)106)85-42-44-88(45-43-85)100-70-66-98(75-107(100)86-30-16-8-17-31-86)115(94-58-48-81(49-59-94)77-24-10-5-11-25-77)95-60-50-82(51-61-95)78-26-12-6-13-27-78/h5-12,14-26,28-76H,13,27H2,1-4H3. The van der Waals surface area contributed by atoms with Gasteiger partial charge in [-0.25, -0.2) is 0 Å². The summed E-state index contributed by atoms with van der Waals surface area (Å²) in [7, 11) is 0. The summed E-state index contributed by atoms with van der Waals surface area (Å²) in [5.74, 6) is 0. The van der Waals surface area contributed by atoms with Crippen LogP contribution in [0.4, 0.5) is 34.1 Å². The molecule has 0 fully saturated rings. The van der Waals surface area contributed by atoms with Crippen LogP contribution in [0.3, 0.4) is 0 Å². The largest absolute Gasteiger partial charge is 0.310 e. The molecular formula is C114H86N2. The monoisotopic (exact) mass is 1480 g/mol. The second-order valence-electron chi connectivity index (χ2n) is 32.2. The first-order chi connectivity index (χ1) is 57.0. The molecule has 0 aliphatic heterocycles. The lowest BCUT2D eigenvalue weighted by Gasteiger charge is -2.27. The Hall–Kier alpha value is -14.2. The summed E-state index contributed by atoms with van der Waals surface area (Å²) < 4.78 is 0. The minimum Gasteiger partial charge on any atom is -0.310 e. The van der Waals surface area contributed by atoms with Crippen LogP contribution >= 0.6 is 0 Å². The SMILES string of the molecule is CC1(C)c2ccccc2-c2ccc(-c3cccc(-c4ccc(N(c5ccc(-c6ccccc6)cc5)c5ccc(-c6ccc(-c7cccc8c7C(C)(C)c7cc(-c9ccc(-c%10ccc(N(c%11ccc(C%12=CC=CCC%12)cc%11)c%11ccc(-c%12ccccc%12)cc%11)cc%10-c%10ccccc%10)cc9)ccc7-8)cc6)cc5)cc4-c4ccccc4)c3)cc21. The van der Waals surface area contributed by atoms with Crippen molar-refractivity contribution in [2.45, 2.75) is 51.4 Å².